The van der Waals surface area contributed by atoms with Crippen LogP contribution in [0.15, 0.2) is 24.3 Å². The van der Waals surface area contributed by atoms with Gasteiger partial charge in [0.1, 0.15) is 0 Å². The van der Waals surface area contributed by atoms with E-state index in [9.17, 15) is 4.79 Å². The molecule has 2 aliphatic rings. The van der Waals surface area contributed by atoms with Crippen LogP contribution < -0.4 is 15.5 Å². The molecule has 0 spiro atoms. The van der Waals surface area contributed by atoms with Crippen LogP contribution in [0.3, 0.4) is 0 Å². The van der Waals surface area contributed by atoms with Crippen molar-refractivity contribution in [2.75, 3.05) is 29.9 Å². The third-order valence-electron chi connectivity index (χ3n) is 5.28. The Labute approximate surface area is 146 Å². The second kappa shape index (κ2) is 9.07. The van der Waals surface area contributed by atoms with Crippen LogP contribution in [0.25, 0.3) is 0 Å². The molecule has 1 aromatic carbocycles. The fourth-order valence-electron chi connectivity index (χ4n) is 3.83. The number of anilines is 2. The number of amides is 1. The first kappa shape index (κ1) is 17.3. The summed E-state index contributed by atoms with van der Waals surface area (Å²) in [6, 6.07) is 8.77. The third-order valence-corrected chi connectivity index (χ3v) is 5.28. The standard InChI is InChI=1S/C20H31N3O/c24-20(16-21-17-8-4-2-1-3-5-9-17)22-18-10-12-19(13-11-18)23-14-6-7-15-23/h10-13,17,21H,1-9,14-16H2,(H,22,24). The lowest BCUT2D eigenvalue weighted by atomic mass is 9.97. The van der Waals surface area contributed by atoms with Gasteiger partial charge in [0.05, 0.1) is 6.54 Å². The quantitative estimate of drug-likeness (QED) is 0.860. The molecular formula is C20H31N3O. The SMILES string of the molecule is O=C(CNC1CCCCCCC1)Nc1ccc(N2CCCC2)cc1. The minimum absolute atomic E-state index is 0.0611. The Morgan fingerprint density at radius 2 is 1.54 bits per heavy atom. The smallest absolute Gasteiger partial charge is 0.238 e. The van der Waals surface area contributed by atoms with E-state index in [0.717, 1.165) is 18.8 Å². The summed E-state index contributed by atoms with van der Waals surface area (Å²) < 4.78 is 0. The van der Waals surface area contributed by atoms with Gasteiger partial charge < -0.3 is 15.5 Å². The van der Waals surface area contributed by atoms with E-state index >= 15 is 0 Å². The predicted octanol–water partition coefficient (Wildman–Crippen LogP) is 3.93. The predicted molar refractivity (Wildman–Crippen MR) is 101 cm³/mol. The number of hydrogen-bond donors (Lipinski definition) is 2. The normalized spacial score (nSPS) is 19.8. The highest BCUT2D eigenvalue weighted by Gasteiger charge is 2.14. The first-order chi connectivity index (χ1) is 11.8. The van der Waals surface area contributed by atoms with E-state index < -0.39 is 0 Å². The van der Waals surface area contributed by atoms with E-state index in [-0.39, 0.29) is 5.91 Å². The van der Waals surface area contributed by atoms with Crippen molar-refractivity contribution in [2.45, 2.75) is 63.8 Å². The zero-order valence-corrected chi connectivity index (χ0v) is 14.7. The van der Waals surface area contributed by atoms with Crippen LogP contribution in [-0.2, 0) is 4.79 Å². The van der Waals surface area contributed by atoms with Crippen molar-refractivity contribution in [3.63, 3.8) is 0 Å². The number of benzene rings is 1. The van der Waals surface area contributed by atoms with Crippen LogP contribution in [0.1, 0.15) is 57.8 Å². The minimum Gasteiger partial charge on any atom is -0.372 e. The highest BCUT2D eigenvalue weighted by atomic mass is 16.1. The van der Waals surface area contributed by atoms with Crippen molar-refractivity contribution in [1.29, 1.82) is 0 Å². The molecular weight excluding hydrogens is 298 g/mol. The molecule has 4 nitrogen and oxygen atoms in total. The molecule has 0 unspecified atom stereocenters. The second-order valence-corrected chi connectivity index (χ2v) is 7.21. The monoisotopic (exact) mass is 329 g/mol. The zero-order chi connectivity index (χ0) is 16.6. The highest BCUT2D eigenvalue weighted by Crippen LogP contribution is 2.22. The van der Waals surface area contributed by atoms with Gasteiger partial charge in [0.25, 0.3) is 0 Å². The van der Waals surface area contributed by atoms with E-state index in [1.165, 1.54) is 63.5 Å². The first-order valence-corrected chi connectivity index (χ1v) is 9.69. The van der Waals surface area contributed by atoms with E-state index in [4.69, 9.17) is 0 Å². The molecule has 1 saturated carbocycles. The van der Waals surface area contributed by atoms with Crippen molar-refractivity contribution in [1.82, 2.24) is 5.32 Å². The molecule has 0 bridgehead atoms. The summed E-state index contributed by atoms with van der Waals surface area (Å²) in [5.41, 5.74) is 2.15. The lowest BCUT2D eigenvalue weighted by molar-refractivity contribution is -0.115. The molecule has 1 aliphatic carbocycles. The van der Waals surface area contributed by atoms with Gasteiger partial charge in [0, 0.05) is 30.5 Å². The maximum absolute atomic E-state index is 12.2. The molecule has 3 rings (SSSR count). The number of carbonyl (C=O) groups excluding carboxylic acids is 1. The third kappa shape index (κ3) is 5.23. The van der Waals surface area contributed by atoms with Gasteiger partial charge in [-0.1, -0.05) is 32.1 Å². The van der Waals surface area contributed by atoms with Crippen molar-refractivity contribution < 1.29 is 4.79 Å². The summed E-state index contributed by atoms with van der Waals surface area (Å²) in [6.07, 6.45) is 11.6. The Bertz CT molecular complexity index is 500. The van der Waals surface area contributed by atoms with Crippen LogP contribution in [0.5, 0.6) is 0 Å². The van der Waals surface area contributed by atoms with Crippen molar-refractivity contribution in [2.24, 2.45) is 0 Å². The molecule has 1 aromatic rings. The molecule has 0 atom stereocenters. The van der Waals surface area contributed by atoms with Crippen molar-refractivity contribution in [3.05, 3.63) is 24.3 Å². The second-order valence-electron chi connectivity index (χ2n) is 7.21. The van der Waals surface area contributed by atoms with Crippen LogP contribution in [0.4, 0.5) is 11.4 Å². The fraction of sp³-hybridized carbons (Fsp3) is 0.650. The molecule has 4 heteroatoms. The van der Waals surface area contributed by atoms with Crippen LogP contribution in [-0.4, -0.2) is 31.6 Å². The number of carbonyl (C=O) groups is 1. The van der Waals surface area contributed by atoms with Gasteiger partial charge in [-0.15, -0.1) is 0 Å². The molecule has 2 fully saturated rings. The van der Waals surface area contributed by atoms with Gasteiger partial charge >= 0.3 is 0 Å². The van der Waals surface area contributed by atoms with E-state index in [1.54, 1.807) is 0 Å². The van der Waals surface area contributed by atoms with E-state index in [2.05, 4.69) is 27.7 Å². The molecule has 0 radical (unpaired) electrons. The summed E-state index contributed by atoms with van der Waals surface area (Å²) in [5.74, 6) is 0.0611. The number of nitrogens with zero attached hydrogens (tertiary/aromatic N) is 1. The Kier molecular flexibility index (Phi) is 6.53. The lowest BCUT2D eigenvalue weighted by Gasteiger charge is -2.21. The molecule has 0 aromatic heterocycles. The molecule has 1 saturated heterocycles. The average molecular weight is 329 g/mol. The average Bonchev–Trinajstić information content (AvgIpc) is 3.09. The van der Waals surface area contributed by atoms with Gasteiger partial charge in [0.15, 0.2) is 0 Å². The number of hydrogen-bond acceptors (Lipinski definition) is 3. The molecule has 24 heavy (non-hydrogen) atoms. The van der Waals surface area contributed by atoms with Crippen molar-refractivity contribution in [3.8, 4) is 0 Å². The molecule has 132 valence electrons. The number of rotatable bonds is 5. The largest absolute Gasteiger partial charge is 0.372 e. The van der Waals surface area contributed by atoms with Gasteiger partial charge in [-0.05, 0) is 49.9 Å². The summed E-state index contributed by atoms with van der Waals surface area (Å²) in [5, 5.41) is 6.45. The molecule has 2 N–H and O–H groups in total. The van der Waals surface area contributed by atoms with Gasteiger partial charge in [0.2, 0.25) is 5.91 Å². The summed E-state index contributed by atoms with van der Waals surface area (Å²) in [4.78, 5) is 14.6. The summed E-state index contributed by atoms with van der Waals surface area (Å²) in [7, 11) is 0. The van der Waals surface area contributed by atoms with Crippen LogP contribution >= 0.6 is 0 Å². The summed E-state index contributed by atoms with van der Waals surface area (Å²) in [6.45, 7) is 2.71. The number of nitrogens with one attached hydrogen (secondary N) is 2. The topological polar surface area (TPSA) is 44.4 Å². The Morgan fingerprint density at radius 1 is 0.917 bits per heavy atom. The Morgan fingerprint density at radius 3 is 2.21 bits per heavy atom. The minimum atomic E-state index is 0.0611. The van der Waals surface area contributed by atoms with Crippen molar-refractivity contribution >= 4 is 17.3 Å². The Balaban J connectivity index is 1.42. The maximum Gasteiger partial charge on any atom is 0.238 e. The van der Waals surface area contributed by atoms with Gasteiger partial charge in [-0.25, -0.2) is 0 Å². The van der Waals surface area contributed by atoms with Crippen LogP contribution in [0, 0.1) is 0 Å². The van der Waals surface area contributed by atoms with E-state index in [0.29, 0.717) is 12.6 Å². The first-order valence-electron chi connectivity index (χ1n) is 9.69. The van der Waals surface area contributed by atoms with Gasteiger partial charge in [-0.3, -0.25) is 4.79 Å². The fourth-order valence-corrected chi connectivity index (χ4v) is 3.83. The maximum atomic E-state index is 12.2. The zero-order valence-electron chi connectivity index (χ0n) is 14.7. The molecule has 1 heterocycles. The van der Waals surface area contributed by atoms with Crippen LogP contribution in [0.2, 0.25) is 0 Å². The van der Waals surface area contributed by atoms with Gasteiger partial charge in [-0.2, -0.15) is 0 Å². The lowest BCUT2D eigenvalue weighted by Crippen LogP contribution is -2.36. The van der Waals surface area contributed by atoms with E-state index in [1.807, 2.05) is 12.1 Å². The molecule has 1 amide bonds. The molecule has 1 aliphatic heterocycles. The Hall–Kier alpha value is -1.55. The highest BCUT2D eigenvalue weighted by molar-refractivity contribution is 5.92. The summed E-state index contributed by atoms with van der Waals surface area (Å²) >= 11 is 0.